The predicted molar refractivity (Wildman–Crippen MR) is 155 cm³/mol. The van der Waals surface area contributed by atoms with Crippen LogP contribution in [0.15, 0.2) is 27.6 Å². The summed E-state index contributed by atoms with van der Waals surface area (Å²) in [5.41, 5.74) is 1.56. The number of fused-ring (bicyclic) bond motifs is 1. The first-order chi connectivity index (χ1) is 19.7. The summed E-state index contributed by atoms with van der Waals surface area (Å²) in [6, 6.07) is 3.87. The number of rotatable bonds is 8. The lowest BCUT2D eigenvalue weighted by atomic mass is 9.80. The number of imidazole rings is 1. The van der Waals surface area contributed by atoms with E-state index in [2.05, 4.69) is 37.9 Å². The molecule has 0 amide bonds. The SMILES string of the molecule is C#CC1CCC(Cn2c(-c3cc(C(C)(C)O)ccn3)nc3nc(-c4noc(=O)[nH]4)nc(N[C@H](C)C4CCC4)c32)CC1. The van der Waals surface area contributed by atoms with E-state index in [1.54, 1.807) is 20.0 Å². The lowest BCUT2D eigenvalue weighted by molar-refractivity contribution is 0.0785. The van der Waals surface area contributed by atoms with Crippen LogP contribution in [0.1, 0.15) is 71.3 Å². The standard InChI is InChI=1S/C30H36N8O3/c1-5-18-9-11-19(12-10-18)16-38-23-24(32-17(2)20-7-6-8-20)33-26(27-36-29(39)41-37-27)34-25(23)35-28(38)22-15-21(13-14-31-22)30(3,4)40/h1,13-15,17-20,40H,6-12,16H2,2-4H3,(H,32,33,34)(H,36,37,39)/t17-,18?,19?/m1/s1. The van der Waals surface area contributed by atoms with Crippen molar-refractivity contribution >= 4 is 17.0 Å². The molecule has 0 aromatic carbocycles. The van der Waals surface area contributed by atoms with Crippen LogP contribution in [0.4, 0.5) is 5.82 Å². The van der Waals surface area contributed by atoms with Crippen LogP contribution in [0.5, 0.6) is 0 Å². The molecule has 41 heavy (non-hydrogen) atoms. The molecule has 0 radical (unpaired) electrons. The van der Waals surface area contributed by atoms with E-state index >= 15 is 0 Å². The van der Waals surface area contributed by atoms with Crippen LogP contribution in [0, 0.1) is 30.1 Å². The van der Waals surface area contributed by atoms with Gasteiger partial charge in [0.25, 0.3) is 0 Å². The first kappa shape index (κ1) is 27.1. The van der Waals surface area contributed by atoms with Gasteiger partial charge in [-0.25, -0.2) is 19.7 Å². The zero-order valence-electron chi connectivity index (χ0n) is 23.7. The van der Waals surface area contributed by atoms with E-state index in [4.69, 9.17) is 25.9 Å². The van der Waals surface area contributed by atoms with Gasteiger partial charge in [-0.15, -0.1) is 12.3 Å². The molecule has 2 saturated carbocycles. The van der Waals surface area contributed by atoms with Gasteiger partial charge < -0.3 is 15.0 Å². The highest BCUT2D eigenvalue weighted by molar-refractivity contribution is 5.88. The number of hydrogen-bond acceptors (Lipinski definition) is 9. The lowest BCUT2D eigenvalue weighted by Gasteiger charge is -2.32. The Morgan fingerprint density at radius 2 is 2.00 bits per heavy atom. The molecule has 4 aromatic rings. The summed E-state index contributed by atoms with van der Waals surface area (Å²) in [5, 5.41) is 18.2. The van der Waals surface area contributed by atoms with E-state index in [1.165, 1.54) is 19.3 Å². The third-order valence-corrected chi connectivity index (χ3v) is 8.70. The van der Waals surface area contributed by atoms with Gasteiger partial charge in [0.15, 0.2) is 17.3 Å². The summed E-state index contributed by atoms with van der Waals surface area (Å²) >= 11 is 0. The van der Waals surface area contributed by atoms with Gasteiger partial charge in [0.1, 0.15) is 11.2 Å². The molecule has 1 atom stereocenters. The minimum atomic E-state index is -1.04. The third-order valence-electron chi connectivity index (χ3n) is 8.70. The molecule has 11 heteroatoms. The van der Waals surface area contributed by atoms with Crippen molar-refractivity contribution < 1.29 is 9.63 Å². The van der Waals surface area contributed by atoms with E-state index < -0.39 is 11.4 Å². The number of aromatic nitrogens is 7. The number of pyridine rings is 1. The monoisotopic (exact) mass is 556 g/mol. The second-order valence-electron chi connectivity index (χ2n) is 12.1. The van der Waals surface area contributed by atoms with Crippen molar-refractivity contribution in [1.29, 1.82) is 0 Å². The third kappa shape index (κ3) is 5.48. The van der Waals surface area contributed by atoms with E-state index in [1.807, 2.05) is 12.1 Å². The van der Waals surface area contributed by atoms with Crippen molar-refractivity contribution in [2.24, 2.45) is 17.8 Å². The second kappa shape index (κ2) is 10.7. The minimum Gasteiger partial charge on any atom is -0.386 e. The van der Waals surface area contributed by atoms with Crippen LogP contribution in [-0.4, -0.2) is 45.8 Å². The average molecular weight is 557 g/mol. The van der Waals surface area contributed by atoms with Crippen LogP contribution in [0.25, 0.3) is 34.3 Å². The Labute approximate surface area is 238 Å². The van der Waals surface area contributed by atoms with E-state index in [0.717, 1.165) is 36.8 Å². The Bertz CT molecular complexity index is 1640. The Kier molecular flexibility index (Phi) is 7.11. The van der Waals surface area contributed by atoms with Crippen molar-refractivity contribution in [3.63, 3.8) is 0 Å². The van der Waals surface area contributed by atoms with Crippen molar-refractivity contribution in [3.05, 3.63) is 34.4 Å². The predicted octanol–water partition coefficient (Wildman–Crippen LogP) is 4.50. The van der Waals surface area contributed by atoms with Gasteiger partial charge in [0.2, 0.25) is 11.6 Å². The quantitative estimate of drug-likeness (QED) is 0.267. The second-order valence-corrected chi connectivity index (χ2v) is 12.1. The fraction of sp³-hybridized carbons (Fsp3) is 0.533. The Morgan fingerprint density at radius 3 is 2.63 bits per heavy atom. The summed E-state index contributed by atoms with van der Waals surface area (Å²) in [5.74, 6) is 5.15. The molecule has 0 saturated heterocycles. The van der Waals surface area contributed by atoms with Gasteiger partial charge in [-0.05, 0) is 88.8 Å². The van der Waals surface area contributed by atoms with Gasteiger partial charge in [-0.1, -0.05) is 11.6 Å². The van der Waals surface area contributed by atoms with Crippen LogP contribution in [0.3, 0.4) is 0 Å². The largest absolute Gasteiger partial charge is 0.439 e. The topological polar surface area (TPSA) is 148 Å². The van der Waals surface area contributed by atoms with Crippen molar-refractivity contribution in [2.45, 2.75) is 83.9 Å². The molecule has 4 heterocycles. The van der Waals surface area contributed by atoms with E-state index in [0.29, 0.717) is 47.3 Å². The smallest absolute Gasteiger partial charge is 0.386 e. The molecule has 4 aromatic heterocycles. The molecular weight excluding hydrogens is 520 g/mol. The highest BCUT2D eigenvalue weighted by Crippen LogP contribution is 2.37. The molecule has 0 spiro atoms. The molecule has 2 aliphatic carbocycles. The molecule has 0 bridgehead atoms. The first-order valence-electron chi connectivity index (χ1n) is 14.5. The minimum absolute atomic E-state index is 0.141. The Morgan fingerprint density at radius 1 is 1.22 bits per heavy atom. The van der Waals surface area contributed by atoms with Crippen LogP contribution >= 0.6 is 0 Å². The van der Waals surface area contributed by atoms with Crippen LogP contribution in [0.2, 0.25) is 0 Å². The van der Waals surface area contributed by atoms with Gasteiger partial charge >= 0.3 is 5.76 Å². The highest BCUT2D eigenvalue weighted by Gasteiger charge is 2.29. The number of terminal acetylenes is 1. The Balaban J connectivity index is 1.52. The maximum Gasteiger partial charge on any atom is 0.439 e. The zero-order chi connectivity index (χ0) is 28.7. The molecule has 214 valence electrons. The van der Waals surface area contributed by atoms with E-state index in [-0.39, 0.29) is 17.7 Å². The summed E-state index contributed by atoms with van der Waals surface area (Å²) in [7, 11) is 0. The number of hydrogen-bond donors (Lipinski definition) is 3. The molecule has 0 aliphatic heterocycles. The normalized spacial score (nSPS) is 20.5. The van der Waals surface area contributed by atoms with Crippen LogP contribution < -0.4 is 11.1 Å². The first-order valence-corrected chi connectivity index (χ1v) is 14.5. The van der Waals surface area contributed by atoms with Gasteiger partial charge in [0.05, 0.1) is 5.60 Å². The maximum atomic E-state index is 11.7. The number of H-pyrrole nitrogens is 1. The fourth-order valence-electron chi connectivity index (χ4n) is 5.92. The highest BCUT2D eigenvalue weighted by atomic mass is 16.5. The molecule has 0 unspecified atom stereocenters. The zero-order valence-corrected chi connectivity index (χ0v) is 23.7. The molecule has 3 N–H and O–H groups in total. The summed E-state index contributed by atoms with van der Waals surface area (Å²) < 4.78 is 6.91. The van der Waals surface area contributed by atoms with Crippen molar-refractivity contribution in [2.75, 3.05) is 5.32 Å². The molecular formula is C30H36N8O3. The molecule has 6 rings (SSSR count). The fourth-order valence-corrected chi connectivity index (χ4v) is 5.92. The molecule has 2 fully saturated rings. The van der Waals surface area contributed by atoms with Crippen molar-refractivity contribution in [3.8, 4) is 35.5 Å². The number of aliphatic hydroxyl groups is 1. The van der Waals surface area contributed by atoms with Gasteiger partial charge in [-0.3, -0.25) is 14.5 Å². The Hall–Kier alpha value is -4.04. The lowest BCUT2D eigenvalue weighted by Crippen LogP contribution is -2.31. The summed E-state index contributed by atoms with van der Waals surface area (Å²) in [6.45, 7) is 6.37. The van der Waals surface area contributed by atoms with Crippen LogP contribution in [-0.2, 0) is 12.1 Å². The molecule has 11 nitrogen and oxygen atoms in total. The number of nitrogens with one attached hydrogen (secondary N) is 2. The van der Waals surface area contributed by atoms with Crippen molar-refractivity contribution in [1.82, 2.24) is 34.6 Å². The van der Waals surface area contributed by atoms with Gasteiger partial charge in [0, 0.05) is 24.7 Å². The summed E-state index contributed by atoms with van der Waals surface area (Å²) in [4.78, 5) is 33.5. The maximum absolute atomic E-state index is 11.7. The number of aromatic amines is 1. The molecule has 2 aliphatic rings. The summed E-state index contributed by atoms with van der Waals surface area (Å²) in [6.07, 6.45) is 15.0. The number of anilines is 1. The average Bonchev–Trinajstić information content (AvgIpc) is 3.51. The van der Waals surface area contributed by atoms with Gasteiger partial charge in [-0.2, -0.15) is 0 Å². The number of nitrogens with zero attached hydrogens (tertiary/aromatic N) is 6. The van der Waals surface area contributed by atoms with E-state index in [9.17, 15) is 9.90 Å².